The molecular weight excluding hydrogens is 482 g/mol. The molecular formula is C22H28FIN4O. The molecule has 2 N–H and O–H groups in total. The zero-order valence-corrected chi connectivity index (χ0v) is 19.2. The quantitative estimate of drug-likeness (QED) is 0.354. The van der Waals surface area contributed by atoms with E-state index in [2.05, 4.69) is 15.6 Å². The molecule has 1 heterocycles. The van der Waals surface area contributed by atoms with E-state index in [4.69, 9.17) is 0 Å². The number of aryl methyl sites for hydroxylation is 1. The van der Waals surface area contributed by atoms with Crippen molar-refractivity contribution in [3.8, 4) is 0 Å². The Morgan fingerprint density at radius 2 is 1.93 bits per heavy atom. The summed E-state index contributed by atoms with van der Waals surface area (Å²) in [5, 5.41) is 6.58. The third-order valence-electron chi connectivity index (χ3n) is 5.00. The molecule has 0 spiro atoms. The van der Waals surface area contributed by atoms with E-state index in [0.29, 0.717) is 19.5 Å². The number of nitrogens with one attached hydrogen (secondary N) is 2. The number of carbonyl (C=O) groups excluding carboxylic acids is 1. The van der Waals surface area contributed by atoms with Crippen LogP contribution >= 0.6 is 24.0 Å². The largest absolute Gasteiger partial charge is 0.356 e. The standard InChI is InChI=1S/C22H27FN4O.HI/c1-16-14-19(23)8-7-18(16)11-12-25-22(24-2)26-15-17-5-9-20(10-6-17)27-13-3-4-21(27)28;/h5-10,14H,3-4,11-13,15H2,1-2H3,(H2,24,25,26);1H. The van der Waals surface area contributed by atoms with Gasteiger partial charge >= 0.3 is 0 Å². The molecule has 0 saturated carbocycles. The van der Waals surface area contributed by atoms with Crippen LogP contribution in [0.2, 0.25) is 0 Å². The second-order valence-electron chi connectivity index (χ2n) is 6.99. The minimum Gasteiger partial charge on any atom is -0.356 e. The summed E-state index contributed by atoms with van der Waals surface area (Å²) < 4.78 is 13.2. The predicted molar refractivity (Wildman–Crippen MR) is 126 cm³/mol. The van der Waals surface area contributed by atoms with Crippen LogP contribution in [0.25, 0.3) is 0 Å². The van der Waals surface area contributed by atoms with Crippen LogP contribution in [0.3, 0.4) is 0 Å². The molecule has 0 aromatic heterocycles. The van der Waals surface area contributed by atoms with Crippen LogP contribution < -0.4 is 15.5 Å². The lowest BCUT2D eigenvalue weighted by molar-refractivity contribution is -0.117. The lowest BCUT2D eigenvalue weighted by Crippen LogP contribution is -2.37. The average Bonchev–Trinajstić information content (AvgIpc) is 3.12. The molecule has 1 saturated heterocycles. The van der Waals surface area contributed by atoms with E-state index < -0.39 is 0 Å². The number of carbonyl (C=O) groups is 1. The molecule has 2 aromatic rings. The number of halogens is 2. The zero-order valence-electron chi connectivity index (χ0n) is 16.9. The lowest BCUT2D eigenvalue weighted by atomic mass is 10.1. The molecule has 1 aliphatic heterocycles. The molecule has 0 unspecified atom stereocenters. The van der Waals surface area contributed by atoms with Gasteiger partial charge in [-0.05, 0) is 60.7 Å². The average molecular weight is 510 g/mol. The van der Waals surface area contributed by atoms with Crippen molar-refractivity contribution in [2.75, 3.05) is 25.0 Å². The van der Waals surface area contributed by atoms with Crippen molar-refractivity contribution < 1.29 is 9.18 Å². The summed E-state index contributed by atoms with van der Waals surface area (Å²) >= 11 is 0. The number of anilines is 1. The molecule has 1 aliphatic rings. The van der Waals surface area contributed by atoms with Crippen LogP contribution in [-0.4, -0.2) is 32.0 Å². The zero-order chi connectivity index (χ0) is 19.9. The number of amides is 1. The molecule has 0 radical (unpaired) electrons. The maximum atomic E-state index is 13.2. The van der Waals surface area contributed by atoms with Gasteiger partial charge in [0.15, 0.2) is 5.96 Å². The summed E-state index contributed by atoms with van der Waals surface area (Å²) in [5.74, 6) is 0.720. The summed E-state index contributed by atoms with van der Waals surface area (Å²) in [5.41, 5.74) is 4.16. The smallest absolute Gasteiger partial charge is 0.227 e. The highest BCUT2D eigenvalue weighted by Gasteiger charge is 2.21. The van der Waals surface area contributed by atoms with Gasteiger partial charge in [0.05, 0.1) is 0 Å². The van der Waals surface area contributed by atoms with E-state index in [1.165, 1.54) is 6.07 Å². The molecule has 3 rings (SSSR count). The van der Waals surface area contributed by atoms with Gasteiger partial charge in [-0.25, -0.2) is 4.39 Å². The van der Waals surface area contributed by atoms with E-state index >= 15 is 0 Å². The van der Waals surface area contributed by atoms with Crippen LogP contribution in [0.4, 0.5) is 10.1 Å². The van der Waals surface area contributed by atoms with Gasteiger partial charge in [-0.3, -0.25) is 9.79 Å². The molecule has 156 valence electrons. The van der Waals surface area contributed by atoms with E-state index in [0.717, 1.165) is 47.7 Å². The van der Waals surface area contributed by atoms with Gasteiger partial charge in [0.1, 0.15) is 5.82 Å². The van der Waals surface area contributed by atoms with Crippen molar-refractivity contribution in [2.45, 2.75) is 32.7 Å². The van der Waals surface area contributed by atoms with Crippen molar-refractivity contribution in [3.63, 3.8) is 0 Å². The van der Waals surface area contributed by atoms with Crippen LogP contribution in [0.1, 0.15) is 29.5 Å². The summed E-state index contributed by atoms with van der Waals surface area (Å²) in [6, 6.07) is 12.9. The highest BCUT2D eigenvalue weighted by atomic mass is 127. The molecule has 0 bridgehead atoms. The summed E-state index contributed by atoms with van der Waals surface area (Å²) in [7, 11) is 1.74. The van der Waals surface area contributed by atoms with E-state index in [1.807, 2.05) is 42.2 Å². The van der Waals surface area contributed by atoms with Gasteiger partial charge in [0, 0.05) is 38.8 Å². The fourth-order valence-corrected chi connectivity index (χ4v) is 3.38. The van der Waals surface area contributed by atoms with Crippen LogP contribution in [-0.2, 0) is 17.8 Å². The van der Waals surface area contributed by atoms with E-state index in [9.17, 15) is 9.18 Å². The Hall–Kier alpha value is -2.16. The van der Waals surface area contributed by atoms with Crippen molar-refractivity contribution in [2.24, 2.45) is 4.99 Å². The fraction of sp³-hybridized carbons (Fsp3) is 0.364. The van der Waals surface area contributed by atoms with Crippen molar-refractivity contribution >= 4 is 41.5 Å². The van der Waals surface area contributed by atoms with Crippen LogP contribution in [0.5, 0.6) is 0 Å². The highest BCUT2D eigenvalue weighted by molar-refractivity contribution is 14.0. The monoisotopic (exact) mass is 510 g/mol. The van der Waals surface area contributed by atoms with Gasteiger partial charge in [-0.15, -0.1) is 24.0 Å². The first-order valence-electron chi connectivity index (χ1n) is 9.65. The Morgan fingerprint density at radius 3 is 2.55 bits per heavy atom. The molecule has 1 fully saturated rings. The van der Waals surface area contributed by atoms with Gasteiger partial charge in [-0.2, -0.15) is 0 Å². The third kappa shape index (κ3) is 6.42. The van der Waals surface area contributed by atoms with Crippen molar-refractivity contribution in [1.29, 1.82) is 0 Å². The second kappa shape index (κ2) is 11.1. The van der Waals surface area contributed by atoms with E-state index in [1.54, 1.807) is 13.1 Å². The normalized spacial score (nSPS) is 14.0. The molecule has 5 nitrogen and oxygen atoms in total. The molecule has 0 atom stereocenters. The van der Waals surface area contributed by atoms with Crippen LogP contribution in [0, 0.1) is 12.7 Å². The minimum absolute atomic E-state index is 0. The van der Waals surface area contributed by atoms with E-state index in [-0.39, 0.29) is 35.7 Å². The first kappa shape index (κ1) is 23.1. The topological polar surface area (TPSA) is 56.7 Å². The minimum atomic E-state index is -0.202. The first-order chi connectivity index (χ1) is 13.6. The number of hydrogen-bond donors (Lipinski definition) is 2. The Morgan fingerprint density at radius 1 is 1.17 bits per heavy atom. The number of nitrogens with zero attached hydrogens (tertiary/aromatic N) is 2. The maximum Gasteiger partial charge on any atom is 0.227 e. The summed E-state index contributed by atoms with van der Waals surface area (Å²) in [6.07, 6.45) is 2.37. The Balaban J connectivity index is 0.00000300. The van der Waals surface area contributed by atoms with Gasteiger partial charge in [-0.1, -0.05) is 18.2 Å². The number of guanidine groups is 1. The molecule has 2 aromatic carbocycles. The Labute approximate surface area is 188 Å². The second-order valence-corrected chi connectivity index (χ2v) is 6.99. The number of rotatable bonds is 6. The molecule has 7 heteroatoms. The molecule has 1 amide bonds. The van der Waals surface area contributed by atoms with Crippen LogP contribution in [0.15, 0.2) is 47.5 Å². The third-order valence-corrected chi connectivity index (χ3v) is 5.00. The molecule has 29 heavy (non-hydrogen) atoms. The van der Waals surface area contributed by atoms with Crippen molar-refractivity contribution in [3.05, 3.63) is 65.0 Å². The van der Waals surface area contributed by atoms with Gasteiger partial charge in [0.2, 0.25) is 5.91 Å². The number of hydrogen-bond acceptors (Lipinski definition) is 2. The first-order valence-corrected chi connectivity index (χ1v) is 9.65. The summed E-state index contributed by atoms with van der Waals surface area (Å²) in [6.45, 7) is 4.08. The highest BCUT2D eigenvalue weighted by Crippen LogP contribution is 2.21. The predicted octanol–water partition coefficient (Wildman–Crippen LogP) is 3.79. The fourth-order valence-electron chi connectivity index (χ4n) is 3.38. The SMILES string of the molecule is CN=C(NCCc1ccc(F)cc1C)NCc1ccc(N2CCCC2=O)cc1.I. The lowest BCUT2D eigenvalue weighted by Gasteiger charge is -2.16. The Bertz CT molecular complexity index is 854. The Kier molecular flexibility index (Phi) is 8.88. The van der Waals surface area contributed by atoms with Gasteiger partial charge in [0.25, 0.3) is 0 Å². The number of benzene rings is 2. The molecule has 0 aliphatic carbocycles. The van der Waals surface area contributed by atoms with Gasteiger partial charge < -0.3 is 15.5 Å². The maximum absolute atomic E-state index is 13.2. The number of aliphatic imine (C=N–C) groups is 1. The summed E-state index contributed by atoms with van der Waals surface area (Å²) in [4.78, 5) is 17.9. The van der Waals surface area contributed by atoms with Crippen molar-refractivity contribution in [1.82, 2.24) is 10.6 Å².